The van der Waals surface area contributed by atoms with Crippen LogP contribution in [-0.4, -0.2) is 30.6 Å². The molecule has 15 heavy (non-hydrogen) atoms. The molecule has 0 radical (unpaired) electrons. The van der Waals surface area contributed by atoms with E-state index in [0.29, 0.717) is 6.04 Å². The number of hydrazine groups is 1. The maximum atomic E-state index is 5.60. The van der Waals surface area contributed by atoms with Gasteiger partial charge in [-0.15, -0.1) is 0 Å². The van der Waals surface area contributed by atoms with Gasteiger partial charge in [-0.05, 0) is 38.4 Å². The minimum Gasteiger partial charge on any atom is -0.304 e. The van der Waals surface area contributed by atoms with Gasteiger partial charge in [0.2, 0.25) is 0 Å². The summed E-state index contributed by atoms with van der Waals surface area (Å²) in [5.74, 6) is 6.55. The van der Waals surface area contributed by atoms with E-state index in [-0.39, 0.29) is 0 Å². The largest absolute Gasteiger partial charge is 0.304 e. The number of nitrogens with two attached hydrogens (primary N) is 1. The lowest BCUT2D eigenvalue weighted by Crippen LogP contribution is -2.40. The van der Waals surface area contributed by atoms with Crippen LogP contribution in [0, 0.1) is 5.92 Å². The summed E-state index contributed by atoms with van der Waals surface area (Å²) in [6.07, 6.45) is 6.73. The van der Waals surface area contributed by atoms with Gasteiger partial charge >= 0.3 is 0 Å². The third kappa shape index (κ3) is 4.49. The van der Waals surface area contributed by atoms with Crippen LogP contribution in [0.5, 0.6) is 0 Å². The summed E-state index contributed by atoms with van der Waals surface area (Å²) >= 11 is 0. The molecule has 1 saturated carbocycles. The van der Waals surface area contributed by atoms with Crippen molar-refractivity contribution in [2.24, 2.45) is 11.8 Å². The predicted molar refractivity (Wildman–Crippen MR) is 65.5 cm³/mol. The van der Waals surface area contributed by atoms with Gasteiger partial charge in [0.25, 0.3) is 0 Å². The Hall–Kier alpha value is -0.120. The molecule has 3 N–H and O–H groups in total. The van der Waals surface area contributed by atoms with Crippen molar-refractivity contribution in [3.63, 3.8) is 0 Å². The molecule has 1 fully saturated rings. The third-order valence-corrected chi connectivity index (χ3v) is 3.77. The lowest BCUT2D eigenvalue weighted by atomic mass is 9.80. The first kappa shape index (κ1) is 12.9. The molecule has 1 atom stereocenters. The van der Waals surface area contributed by atoms with Crippen molar-refractivity contribution in [3.05, 3.63) is 0 Å². The molecule has 0 spiro atoms. The Bertz CT molecular complexity index is 153. The van der Waals surface area contributed by atoms with Crippen molar-refractivity contribution < 1.29 is 0 Å². The topological polar surface area (TPSA) is 41.3 Å². The fourth-order valence-electron chi connectivity index (χ4n) is 2.28. The molecule has 1 aliphatic carbocycles. The molecule has 90 valence electrons. The lowest BCUT2D eigenvalue weighted by Gasteiger charge is -2.30. The van der Waals surface area contributed by atoms with Crippen LogP contribution in [0.1, 0.15) is 46.0 Å². The van der Waals surface area contributed by atoms with Gasteiger partial charge in [0.05, 0.1) is 0 Å². The summed E-state index contributed by atoms with van der Waals surface area (Å²) in [6, 6.07) is 0.524. The average Bonchev–Trinajstić information content (AvgIpc) is 2.21. The summed E-state index contributed by atoms with van der Waals surface area (Å²) in [5.41, 5.74) is 2.98. The standard InChI is InChI=1S/C12H27N3/c1-3-15(4-2)9-8-12(14-13)10-11-6-5-7-11/h11-12,14H,3-10,13H2,1-2H3. The summed E-state index contributed by atoms with van der Waals surface area (Å²) < 4.78 is 0. The molecule has 3 heteroatoms. The van der Waals surface area contributed by atoms with Crippen LogP contribution in [0.3, 0.4) is 0 Å². The zero-order chi connectivity index (χ0) is 11.1. The SMILES string of the molecule is CCN(CC)CCC(CC1CCC1)NN. The molecule has 0 aromatic heterocycles. The molecular weight excluding hydrogens is 186 g/mol. The van der Waals surface area contributed by atoms with E-state index in [1.165, 1.54) is 38.6 Å². The number of nitrogens with one attached hydrogen (secondary N) is 1. The molecular formula is C12H27N3. The van der Waals surface area contributed by atoms with E-state index >= 15 is 0 Å². The number of hydrogen-bond donors (Lipinski definition) is 2. The molecule has 3 nitrogen and oxygen atoms in total. The molecule has 0 saturated heterocycles. The van der Waals surface area contributed by atoms with Crippen LogP contribution in [0.15, 0.2) is 0 Å². The maximum absolute atomic E-state index is 5.60. The molecule has 1 rings (SSSR count). The molecule has 1 aliphatic rings. The van der Waals surface area contributed by atoms with Gasteiger partial charge in [0.1, 0.15) is 0 Å². The van der Waals surface area contributed by atoms with Gasteiger partial charge in [-0.25, -0.2) is 0 Å². The minimum atomic E-state index is 0.524. The van der Waals surface area contributed by atoms with E-state index < -0.39 is 0 Å². The van der Waals surface area contributed by atoms with Gasteiger partial charge in [-0.3, -0.25) is 11.3 Å². The Morgan fingerprint density at radius 1 is 1.33 bits per heavy atom. The smallest absolute Gasteiger partial charge is 0.0225 e. The monoisotopic (exact) mass is 213 g/mol. The van der Waals surface area contributed by atoms with Crippen molar-refractivity contribution in [1.82, 2.24) is 10.3 Å². The van der Waals surface area contributed by atoms with Crippen molar-refractivity contribution >= 4 is 0 Å². The van der Waals surface area contributed by atoms with E-state index in [4.69, 9.17) is 5.84 Å². The molecule has 0 bridgehead atoms. The van der Waals surface area contributed by atoms with E-state index in [1.807, 2.05) is 0 Å². The Morgan fingerprint density at radius 3 is 2.40 bits per heavy atom. The molecule has 0 aromatic carbocycles. The minimum absolute atomic E-state index is 0.524. The highest BCUT2D eigenvalue weighted by Crippen LogP contribution is 2.30. The Balaban J connectivity index is 2.14. The molecule has 0 amide bonds. The third-order valence-electron chi connectivity index (χ3n) is 3.77. The number of rotatable bonds is 8. The van der Waals surface area contributed by atoms with Crippen LogP contribution >= 0.6 is 0 Å². The van der Waals surface area contributed by atoms with Gasteiger partial charge in [-0.1, -0.05) is 33.1 Å². The molecule has 0 aromatic rings. The molecule has 0 heterocycles. The normalized spacial score (nSPS) is 19.2. The fraction of sp³-hybridized carbons (Fsp3) is 1.00. The summed E-state index contributed by atoms with van der Waals surface area (Å²) in [7, 11) is 0. The maximum Gasteiger partial charge on any atom is 0.0225 e. The fourth-order valence-corrected chi connectivity index (χ4v) is 2.28. The van der Waals surface area contributed by atoms with Crippen LogP contribution < -0.4 is 11.3 Å². The molecule has 1 unspecified atom stereocenters. The predicted octanol–water partition coefficient (Wildman–Crippen LogP) is 1.74. The highest BCUT2D eigenvalue weighted by Gasteiger charge is 2.21. The Kier molecular flexibility index (Phi) is 6.22. The van der Waals surface area contributed by atoms with E-state index in [9.17, 15) is 0 Å². The summed E-state index contributed by atoms with van der Waals surface area (Å²) in [4.78, 5) is 2.46. The zero-order valence-electron chi connectivity index (χ0n) is 10.3. The lowest BCUT2D eigenvalue weighted by molar-refractivity contribution is 0.230. The Morgan fingerprint density at radius 2 is 2.00 bits per heavy atom. The highest BCUT2D eigenvalue weighted by molar-refractivity contribution is 4.76. The average molecular weight is 213 g/mol. The van der Waals surface area contributed by atoms with Gasteiger partial charge < -0.3 is 4.90 Å². The van der Waals surface area contributed by atoms with Crippen LogP contribution in [0.4, 0.5) is 0 Å². The second-order valence-electron chi connectivity index (χ2n) is 4.71. The second-order valence-corrected chi connectivity index (χ2v) is 4.71. The van der Waals surface area contributed by atoms with E-state index in [1.54, 1.807) is 0 Å². The molecule has 0 aliphatic heterocycles. The number of hydrogen-bond acceptors (Lipinski definition) is 3. The zero-order valence-corrected chi connectivity index (χ0v) is 10.3. The first-order valence-electron chi connectivity index (χ1n) is 6.48. The first-order chi connectivity index (χ1) is 7.30. The van der Waals surface area contributed by atoms with Crippen molar-refractivity contribution in [3.8, 4) is 0 Å². The van der Waals surface area contributed by atoms with Gasteiger partial charge in [0, 0.05) is 6.04 Å². The van der Waals surface area contributed by atoms with Crippen molar-refractivity contribution in [1.29, 1.82) is 0 Å². The van der Waals surface area contributed by atoms with Crippen molar-refractivity contribution in [2.45, 2.75) is 52.0 Å². The second kappa shape index (κ2) is 7.20. The van der Waals surface area contributed by atoms with Crippen molar-refractivity contribution in [2.75, 3.05) is 19.6 Å². The highest BCUT2D eigenvalue weighted by atomic mass is 15.2. The first-order valence-corrected chi connectivity index (χ1v) is 6.48. The quantitative estimate of drug-likeness (QED) is 0.477. The van der Waals surface area contributed by atoms with E-state index in [2.05, 4.69) is 24.2 Å². The van der Waals surface area contributed by atoms with Crippen LogP contribution in [0.2, 0.25) is 0 Å². The van der Waals surface area contributed by atoms with Crippen LogP contribution in [0.25, 0.3) is 0 Å². The summed E-state index contributed by atoms with van der Waals surface area (Å²) in [6.45, 7) is 7.92. The van der Waals surface area contributed by atoms with Gasteiger partial charge in [0.15, 0.2) is 0 Å². The van der Waals surface area contributed by atoms with E-state index in [0.717, 1.165) is 19.0 Å². The Labute approximate surface area is 94.4 Å². The van der Waals surface area contributed by atoms with Crippen LogP contribution in [-0.2, 0) is 0 Å². The summed E-state index contributed by atoms with van der Waals surface area (Å²) in [5, 5.41) is 0. The van der Waals surface area contributed by atoms with Gasteiger partial charge in [-0.2, -0.15) is 0 Å². The number of nitrogens with zero attached hydrogens (tertiary/aromatic N) is 1.